The maximum Gasteiger partial charge on any atom is 0.126 e. The Morgan fingerprint density at radius 1 is 1.13 bits per heavy atom. The molecule has 1 aliphatic heterocycles. The molecule has 0 spiro atoms. The monoisotopic (exact) mass is 428 g/mol. The summed E-state index contributed by atoms with van der Waals surface area (Å²) in [6, 6.07) is 11.8. The molecule has 1 aliphatic carbocycles. The number of nitrogens with zero attached hydrogens (tertiary/aromatic N) is 2. The van der Waals surface area contributed by atoms with Crippen molar-refractivity contribution in [3.8, 4) is 0 Å². The molecule has 4 rings (SSSR count). The van der Waals surface area contributed by atoms with Gasteiger partial charge in [0.2, 0.25) is 0 Å². The summed E-state index contributed by atoms with van der Waals surface area (Å²) >= 11 is 6.53. The first-order valence-corrected chi connectivity index (χ1v) is 11.5. The fraction of sp³-hybridized carbons (Fsp3) is 0.520. The first kappa shape index (κ1) is 21.6. The van der Waals surface area contributed by atoms with Crippen molar-refractivity contribution in [2.45, 2.75) is 37.7 Å². The Morgan fingerprint density at radius 2 is 1.93 bits per heavy atom. The van der Waals surface area contributed by atoms with Crippen LogP contribution in [-0.4, -0.2) is 60.3 Å². The molecule has 2 fully saturated rings. The highest BCUT2D eigenvalue weighted by Crippen LogP contribution is 2.41. The third-order valence-corrected chi connectivity index (χ3v) is 7.20. The predicted octanol–water partition coefficient (Wildman–Crippen LogP) is 4.73. The van der Waals surface area contributed by atoms with Gasteiger partial charge < -0.3 is 19.3 Å². The van der Waals surface area contributed by atoms with Gasteiger partial charge in [0.1, 0.15) is 5.76 Å². The summed E-state index contributed by atoms with van der Waals surface area (Å²) < 4.78 is 5.61. The number of piperazine rings is 1. The molecule has 1 saturated carbocycles. The number of furan rings is 1. The topological polar surface area (TPSA) is 39.9 Å². The zero-order chi connectivity index (χ0) is 21.0. The number of halogens is 1. The number of aliphatic hydroxyl groups is 1. The summed E-state index contributed by atoms with van der Waals surface area (Å²) in [5.74, 6) is 0.976. The van der Waals surface area contributed by atoms with Crippen molar-refractivity contribution in [2.75, 3.05) is 39.8 Å². The van der Waals surface area contributed by atoms with Gasteiger partial charge in [-0.15, -0.1) is 0 Å². The first-order chi connectivity index (χ1) is 14.5. The highest BCUT2D eigenvalue weighted by molar-refractivity contribution is 6.31. The molecule has 4 nitrogen and oxygen atoms in total. The fourth-order valence-electron chi connectivity index (χ4n) is 4.94. The van der Waals surface area contributed by atoms with Crippen molar-refractivity contribution in [2.24, 2.45) is 5.92 Å². The summed E-state index contributed by atoms with van der Waals surface area (Å²) in [7, 11) is 2.18. The van der Waals surface area contributed by atoms with E-state index in [1.54, 1.807) is 6.26 Å². The van der Waals surface area contributed by atoms with Gasteiger partial charge in [-0.25, -0.2) is 0 Å². The van der Waals surface area contributed by atoms with Gasteiger partial charge >= 0.3 is 0 Å². The molecule has 2 heterocycles. The van der Waals surface area contributed by atoms with Crippen LogP contribution in [0.1, 0.15) is 37.0 Å². The largest absolute Gasteiger partial charge is 0.465 e. The third kappa shape index (κ3) is 5.00. The van der Waals surface area contributed by atoms with E-state index in [9.17, 15) is 5.11 Å². The molecule has 2 aromatic rings. The van der Waals surface area contributed by atoms with Gasteiger partial charge in [-0.1, -0.05) is 36.2 Å². The Bertz CT molecular complexity index is 843. The lowest BCUT2D eigenvalue weighted by Gasteiger charge is -2.42. The fourth-order valence-corrected chi connectivity index (χ4v) is 5.14. The number of hydrogen-bond acceptors (Lipinski definition) is 4. The quantitative estimate of drug-likeness (QED) is 0.699. The number of benzene rings is 1. The minimum absolute atomic E-state index is 0.167. The molecule has 1 saturated heterocycles. The minimum atomic E-state index is -0.933. The summed E-state index contributed by atoms with van der Waals surface area (Å²) in [5.41, 5.74) is 1.16. The zero-order valence-electron chi connectivity index (χ0n) is 17.9. The van der Waals surface area contributed by atoms with Crippen molar-refractivity contribution in [1.29, 1.82) is 0 Å². The molecule has 0 bridgehead atoms. The van der Waals surface area contributed by atoms with E-state index < -0.39 is 5.60 Å². The van der Waals surface area contributed by atoms with E-state index in [0.717, 1.165) is 80.3 Å². The van der Waals surface area contributed by atoms with Crippen LogP contribution in [0.2, 0.25) is 5.02 Å². The molecule has 1 aromatic heterocycles. The molecule has 1 aromatic carbocycles. The van der Waals surface area contributed by atoms with Crippen LogP contribution in [0.5, 0.6) is 0 Å². The standard InChI is InChI=1S/C25H33ClN2O2/c1-27-12-14-28(15-13-27)19-22-9-4-3-8-21(17-23-10-6-16-30-23)25(22,29)18-20-7-2-5-11-24(20)26/h2,5-7,10-11,16-17,22,29H,3-4,8-9,12-15,18-19H2,1H3. The van der Waals surface area contributed by atoms with E-state index in [0.29, 0.717) is 6.42 Å². The van der Waals surface area contributed by atoms with Crippen LogP contribution in [-0.2, 0) is 6.42 Å². The Hall–Kier alpha value is -1.59. The molecule has 1 N–H and O–H groups in total. The normalized spacial score (nSPS) is 28.0. The molecule has 2 aliphatic rings. The van der Waals surface area contributed by atoms with Gasteiger partial charge in [0.25, 0.3) is 0 Å². The zero-order valence-corrected chi connectivity index (χ0v) is 18.7. The van der Waals surface area contributed by atoms with Crippen LogP contribution >= 0.6 is 11.6 Å². The smallest absolute Gasteiger partial charge is 0.126 e. The van der Waals surface area contributed by atoms with Crippen LogP contribution in [0, 0.1) is 5.92 Å². The molecule has 0 amide bonds. The number of hydrogen-bond donors (Lipinski definition) is 1. The van der Waals surface area contributed by atoms with E-state index in [4.69, 9.17) is 16.0 Å². The summed E-state index contributed by atoms with van der Waals surface area (Å²) in [5, 5.41) is 13.1. The van der Waals surface area contributed by atoms with Gasteiger partial charge in [-0.2, -0.15) is 0 Å². The Balaban J connectivity index is 1.67. The van der Waals surface area contributed by atoms with E-state index in [1.165, 1.54) is 0 Å². The molecule has 2 atom stereocenters. The van der Waals surface area contributed by atoms with Crippen LogP contribution in [0.3, 0.4) is 0 Å². The van der Waals surface area contributed by atoms with E-state index >= 15 is 0 Å². The van der Waals surface area contributed by atoms with Gasteiger partial charge in [-0.05, 0) is 61.7 Å². The second-order valence-corrected chi connectivity index (χ2v) is 9.33. The Labute approximate surface area is 185 Å². The maximum absolute atomic E-state index is 12.3. The minimum Gasteiger partial charge on any atom is -0.465 e. The number of likely N-dealkylation sites (N-methyl/N-ethyl adjacent to an activating group) is 1. The summed E-state index contributed by atoms with van der Waals surface area (Å²) in [6.45, 7) is 5.22. The SMILES string of the molecule is CN1CCN(CC2CCCCC(=Cc3ccco3)C2(O)Cc2ccccc2Cl)CC1. The lowest BCUT2D eigenvalue weighted by molar-refractivity contribution is -0.00647. The highest BCUT2D eigenvalue weighted by atomic mass is 35.5. The van der Waals surface area contributed by atoms with Gasteiger partial charge in [0.05, 0.1) is 11.9 Å². The Morgan fingerprint density at radius 3 is 2.67 bits per heavy atom. The van der Waals surface area contributed by atoms with E-state index in [2.05, 4.69) is 22.9 Å². The van der Waals surface area contributed by atoms with Crippen molar-refractivity contribution < 1.29 is 9.52 Å². The van der Waals surface area contributed by atoms with Crippen LogP contribution in [0.4, 0.5) is 0 Å². The lowest BCUT2D eigenvalue weighted by atomic mass is 9.75. The molecule has 30 heavy (non-hydrogen) atoms. The highest BCUT2D eigenvalue weighted by Gasteiger charge is 2.42. The lowest BCUT2D eigenvalue weighted by Crippen LogP contribution is -2.51. The van der Waals surface area contributed by atoms with Crippen molar-refractivity contribution in [1.82, 2.24) is 9.80 Å². The van der Waals surface area contributed by atoms with Crippen LogP contribution < -0.4 is 0 Å². The van der Waals surface area contributed by atoms with Crippen LogP contribution in [0.15, 0.2) is 52.7 Å². The van der Waals surface area contributed by atoms with Gasteiger partial charge in [-0.3, -0.25) is 0 Å². The van der Waals surface area contributed by atoms with Gasteiger partial charge in [0, 0.05) is 50.1 Å². The van der Waals surface area contributed by atoms with Gasteiger partial charge in [0.15, 0.2) is 0 Å². The van der Waals surface area contributed by atoms with Crippen molar-refractivity contribution in [3.63, 3.8) is 0 Å². The molecule has 2 unspecified atom stereocenters. The second kappa shape index (κ2) is 9.69. The third-order valence-electron chi connectivity index (χ3n) is 6.83. The van der Waals surface area contributed by atoms with E-state index in [1.807, 2.05) is 36.4 Å². The molecule has 0 radical (unpaired) electrons. The summed E-state index contributed by atoms with van der Waals surface area (Å²) in [4.78, 5) is 4.90. The first-order valence-electron chi connectivity index (χ1n) is 11.2. The molecular weight excluding hydrogens is 396 g/mol. The molecular formula is C25H33ClN2O2. The molecule has 5 heteroatoms. The van der Waals surface area contributed by atoms with Crippen LogP contribution in [0.25, 0.3) is 6.08 Å². The predicted molar refractivity (Wildman–Crippen MR) is 123 cm³/mol. The second-order valence-electron chi connectivity index (χ2n) is 8.92. The average molecular weight is 429 g/mol. The summed E-state index contributed by atoms with van der Waals surface area (Å²) in [6.07, 6.45) is 8.45. The Kier molecular flexibility index (Phi) is 6.99. The van der Waals surface area contributed by atoms with Crippen molar-refractivity contribution >= 4 is 17.7 Å². The van der Waals surface area contributed by atoms with Crippen molar-refractivity contribution in [3.05, 3.63) is 64.6 Å². The maximum atomic E-state index is 12.3. The molecule has 162 valence electrons. The van der Waals surface area contributed by atoms with E-state index in [-0.39, 0.29) is 5.92 Å². The number of rotatable bonds is 5. The average Bonchev–Trinajstić information content (AvgIpc) is 3.20.